The van der Waals surface area contributed by atoms with E-state index in [9.17, 15) is 9.18 Å². The average Bonchev–Trinajstić information content (AvgIpc) is 3.18. The van der Waals surface area contributed by atoms with Crippen LogP contribution in [0.5, 0.6) is 0 Å². The van der Waals surface area contributed by atoms with Gasteiger partial charge in [0.2, 0.25) is 5.91 Å². The van der Waals surface area contributed by atoms with Gasteiger partial charge in [0.25, 0.3) is 0 Å². The standard InChI is InChI=1S/C20H30FN3O2/c21-18-6-2-1-5-17(18)19(24-9-3-4-10-24)15-22-20(26)16-7-11-23(12-8-16)13-14-25/h1-2,5-6,16,19,25H,3-4,7-15H2,(H,22,26)/t19-/m0/s1. The van der Waals surface area contributed by atoms with Crippen LogP contribution >= 0.6 is 0 Å². The minimum atomic E-state index is -0.198. The molecule has 0 aromatic heterocycles. The third-order valence-corrected chi connectivity index (χ3v) is 5.69. The number of likely N-dealkylation sites (tertiary alicyclic amines) is 2. The number of halogens is 1. The van der Waals surface area contributed by atoms with Crippen LogP contribution in [0.4, 0.5) is 4.39 Å². The van der Waals surface area contributed by atoms with Crippen LogP contribution in [0, 0.1) is 11.7 Å². The highest BCUT2D eigenvalue weighted by Crippen LogP contribution is 2.27. The van der Waals surface area contributed by atoms with Gasteiger partial charge in [-0.25, -0.2) is 4.39 Å². The van der Waals surface area contributed by atoms with Gasteiger partial charge in [-0.1, -0.05) is 18.2 Å². The number of hydrogen-bond donors (Lipinski definition) is 2. The summed E-state index contributed by atoms with van der Waals surface area (Å²) in [7, 11) is 0. The highest BCUT2D eigenvalue weighted by molar-refractivity contribution is 5.78. The van der Waals surface area contributed by atoms with Gasteiger partial charge in [0, 0.05) is 24.6 Å². The van der Waals surface area contributed by atoms with E-state index in [4.69, 9.17) is 5.11 Å². The van der Waals surface area contributed by atoms with E-state index in [0.29, 0.717) is 18.7 Å². The minimum Gasteiger partial charge on any atom is -0.395 e. The third kappa shape index (κ3) is 4.81. The van der Waals surface area contributed by atoms with Crippen molar-refractivity contribution in [1.29, 1.82) is 0 Å². The van der Waals surface area contributed by atoms with E-state index in [1.807, 2.05) is 12.1 Å². The molecule has 2 saturated heterocycles. The monoisotopic (exact) mass is 363 g/mol. The fraction of sp³-hybridized carbons (Fsp3) is 0.650. The normalized spacial score (nSPS) is 21.0. The van der Waals surface area contributed by atoms with Crippen LogP contribution in [-0.2, 0) is 4.79 Å². The number of amides is 1. The maximum absolute atomic E-state index is 14.3. The Bertz CT molecular complexity index is 584. The SMILES string of the molecule is O=C(NC[C@@H](c1ccccc1F)N1CCCC1)C1CCN(CCO)CC1. The quantitative estimate of drug-likeness (QED) is 0.775. The molecule has 2 fully saturated rings. The van der Waals surface area contributed by atoms with Gasteiger partial charge in [-0.05, 0) is 57.9 Å². The molecule has 6 heteroatoms. The second-order valence-electron chi connectivity index (χ2n) is 7.37. The second kappa shape index (κ2) is 9.44. The van der Waals surface area contributed by atoms with Crippen molar-refractivity contribution in [3.63, 3.8) is 0 Å². The Balaban J connectivity index is 1.58. The molecule has 2 N–H and O–H groups in total. The largest absolute Gasteiger partial charge is 0.395 e. The molecular formula is C20H30FN3O2. The lowest BCUT2D eigenvalue weighted by atomic mass is 9.95. The molecule has 144 valence electrons. The van der Waals surface area contributed by atoms with E-state index in [1.54, 1.807) is 6.07 Å². The number of carbonyl (C=O) groups is 1. The first-order valence-corrected chi connectivity index (χ1v) is 9.78. The van der Waals surface area contributed by atoms with E-state index < -0.39 is 0 Å². The van der Waals surface area contributed by atoms with Crippen molar-refractivity contribution in [2.45, 2.75) is 31.7 Å². The lowest BCUT2D eigenvalue weighted by molar-refractivity contribution is -0.126. The van der Waals surface area contributed by atoms with Gasteiger partial charge in [0.15, 0.2) is 0 Å². The molecule has 1 aromatic rings. The molecule has 2 aliphatic rings. The molecule has 0 unspecified atom stereocenters. The fourth-order valence-electron chi connectivity index (χ4n) is 4.14. The third-order valence-electron chi connectivity index (χ3n) is 5.69. The number of aliphatic hydroxyl groups is 1. The Labute approximate surface area is 155 Å². The van der Waals surface area contributed by atoms with Crippen LogP contribution in [0.3, 0.4) is 0 Å². The molecule has 0 spiro atoms. The summed E-state index contributed by atoms with van der Waals surface area (Å²) >= 11 is 0. The minimum absolute atomic E-state index is 0.0183. The number of carbonyl (C=O) groups excluding carboxylic acids is 1. The van der Waals surface area contributed by atoms with E-state index >= 15 is 0 Å². The Hall–Kier alpha value is -1.50. The number of piperidine rings is 1. The summed E-state index contributed by atoms with van der Waals surface area (Å²) in [5, 5.41) is 12.1. The average molecular weight is 363 g/mol. The Morgan fingerprint density at radius 2 is 1.88 bits per heavy atom. The predicted octanol–water partition coefficient (Wildman–Crippen LogP) is 1.78. The molecule has 1 amide bonds. The molecular weight excluding hydrogens is 333 g/mol. The van der Waals surface area contributed by atoms with Crippen molar-refractivity contribution in [1.82, 2.24) is 15.1 Å². The van der Waals surface area contributed by atoms with Gasteiger partial charge in [-0.2, -0.15) is 0 Å². The van der Waals surface area contributed by atoms with Crippen molar-refractivity contribution in [3.05, 3.63) is 35.6 Å². The van der Waals surface area contributed by atoms with Crippen molar-refractivity contribution in [2.24, 2.45) is 5.92 Å². The van der Waals surface area contributed by atoms with Gasteiger partial charge in [-0.15, -0.1) is 0 Å². The summed E-state index contributed by atoms with van der Waals surface area (Å²) in [6.45, 7) is 4.90. The number of β-amino-alcohol motifs (C(OH)–C–C–N with tert-alkyl or cyclic N) is 1. The van der Waals surface area contributed by atoms with Gasteiger partial charge in [0.05, 0.1) is 12.6 Å². The second-order valence-corrected chi connectivity index (χ2v) is 7.37. The first-order chi connectivity index (χ1) is 12.7. The molecule has 5 nitrogen and oxygen atoms in total. The number of nitrogens with one attached hydrogen (secondary N) is 1. The first-order valence-electron chi connectivity index (χ1n) is 9.78. The summed E-state index contributed by atoms with van der Waals surface area (Å²) in [6, 6.07) is 6.80. The lowest BCUT2D eigenvalue weighted by Gasteiger charge is -2.32. The molecule has 0 bridgehead atoms. The molecule has 26 heavy (non-hydrogen) atoms. The van der Waals surface area contributed by atoms with Gasteiger partial charge in [0.1, 0.15) is 5.82 Å². The van der Waals surface area contributed by atoms with Crippen LogP contribution < -0.4 is 5.32 Å². The highest BCUT2D eigenvalue weighted by atomic mass is 19.1. The fourth-order valence-corrected chi connectivity index (χ4v) is 4.14. The molecule has 2 heterocycles. The Morgan fingerprint density at radius 3 is 2.54 bits per heavy atom. The molecule has 0 radical (unpaired) electrons. The van der Waals surface area contributed by atoms with Gasteiger partial charge < -0.3 is 15.3 Å². The number of hydrogen-bond acceptors (Lipinski definition) is 4. The molecule has 1 atom stereocenters. The highest BCUT2D eigenvalue weighted by Gasteiger charge is 2.28. The van der Waals surface area contributed by atoms with Crippen molar-refractivity contribution in [3.8, 4) is 0 Å². The summed E-state index contributed by atoms with van der Waals surface area (Å²) in [6.07, 6.45) is 3.89. The molecule has 3 rings (SSSR count). The van der Waals surface area contributed by atoms with Crippen molar-refractivity contribution < 1.29 is 14.3 Å². The zero-order valence-corrected chi connectivity index (χ0v) is 15.4. The summed E-state index contributed by atoms with van der Waals surface area (Å²) in [5.41, 5.74) is 0.674. The van der Waals surface area contributed by atoms with Crippen LogP contribution in [0.25, 0.3) is 0 Å². The maximum atomic E-state index is 14.3. The van der Waals surface area contributed by atoms with E-state index in [1.165, 1.54) is 6.07 Å². The van der Waals surface area contributed by atoms with Crippen LogP contribution in [0.15, 0.2) is 24.3 Å². The maximum Gasteiger partial charge on any atom is 0.223 e. The number of aliphatic hydroxyl groups excluding tert-OH is 1. The van der Waals surface area contributed by atoms with Crippen molar-refractivity contribution in [2.75, 3.05) is 45.9 Å². The number of nitrogens with zero attached hydrogens (tertiary/aromatic N) is 2. The van der Waals surface area contributed by atoms with E-state index in [0.717, 1.165) is 51.9 Å². The predicted molar refractivity (Wildman–Crippen MR) is 99.2 cm³/mol. The van der Waals surface area contributed by atoms with Crippen LogP contribution in [0.1, 0.15) is 37.3 Å². The Kier molecular flexibility index (Phi) is 7.00. The number of rotatable bonds is 7. The molecule has 0 aliphatic carbocycles. The summed E-state index contributed by atoms with van der Waals surface area (Å²) in [4.78, 5) is 17.1. The van der Waals surface area contributed by atoms with E-state index in [-0.39, 0.29) is 30.3 Å². The zero-order valence-electron chi connectivity index (χ0n) is 15.4. The first kappa shape index (κ1) is 19.3. The molecule has 2 aliphatic heterocycles. The summed E-state index contributed by atoms with van der Waals surface area (Å²) in [5.74, 6) is -0.102. The zero-order chi connectivity index (χ0) is 18.4. The topological polar surface area (TPSA) is 55.8 Å². The van der Waals surface area contributed by atoms with Crippen molar-refractivity contribution >= 4 is 5.91 Å². The van der Waals surface area contributed by atoms with E-state index in [2.05, 4.69) is 15.1 Å². The van der Waals surface area contributed by atoms with Crippen LogP contribution in [-0.4, -0.2) is 66.7 Å². The van der Waals surface area contributed by atoms with Gasteiger partial charge in [-0.3, -0.25) is 9.69 Å². The van der Waals surface area contributed by atoms with Crippen LogP contribution in [0.2, 0.25) is 0 Å². The van der Waals surface area contributed by atoms with Gasteiger partial charge >= 0.3 is 0 Å². The molecule has 1 aromatic carbocycles. The Morgan fingerprint density at radius 1 is 1.19 bits per heavy atom. The smallest absolute Gasteiger partial charge is 0.223 e. The number of benzene rings is 1. The summed E-state index contributed by atoms with van der Waals surface area (Å²) < 4.78 is 14.3. The lowest BCUT2D eigenvalue weighted by Crippen LogP contribution is -2.43. The molecule has 0 saturated carbocycles.